The molecule has 140 valence electrons. The van der Waals surface area contributed by atoms with Crippen molar-refractivity contribution in [2.45, 2.75) is 10.6 Å². The third-order valence-corrected chi connectivity index (χ3v) is 7.77. The molecule has 0 unspecified atom stereocenters. The molecule has 0 radical (unpaired) electrons. The number of amides is 1. The van der Waals surface area contributed by atoms with Gasteiger partial charge in [0.1, 0.15) is 9.96 Å². The molecular formula is C17H19ClN2O4S2. The molecule has 1 fully saturated rings. The van der Waals surface area contributed by atoms with E-state index in [0.29, 0.717) is 41.2 Å². The summed E-state index contributed by atoms with van der Waals surface area (Å²) < 4.78 is 32.1. The van der Waals surface area contributed by atoms with Crippen LogP contribution in [-0.4, -0.2) is 56.8 Å². The van der Waals surface area contributed by atoms with Crippen molar-refractivity contribution in [1.29, 1.82) is 0 Å². The van der Waals surface area contributed by atoms with Crippen molar-refractivity contribution in [1.82, 2.24) is 9.21 Å². The Bertz CT molecular complexity index is 876. The largest absolute Gasteiger partial charge is 0.496 e. The molecule has 0 atom stereocenters. The van der Waals surface area contributed by atoms with E-state index >= 15 is 0 Å². The van der Waals surface area contributed by atoms with Gasteiger partial charge in [0.05, 0.1) is 13.5 Å². The maximum atomic E-state index is 12.6. The molecule has 2 heterocycles. The normalized spacial score (nSPS) is 15.8. The van der Waals surface area contributed by atoms with Gasteiger partial charge in [-0.25, -0.2) is 8.42 Å². The van der Waals surface area contributed by atoms with Crippen molar-refractivity contribution in [3.63, 3.8) is 0 Å². The number of carbonyl (C=O) groups is 1. The molecule has 0 saturated carbocycles. The van der Waals surface area contributed by atoms with Crippen molar-refractivity contribution in [3.05, 3.63) is 46.3 Å². The first-order chi connectivity index (χ1) is 12.4. The number of carbonyl (C=O) groups excluding carboxylic acids is 1. The zero-order valence-electron chi connectivity index (χ0n) is 14.2. The van der Waals surface area contributed by atoms with Gasteiger partial charge in [-0.05, 0) is 29.6 Å². The Labute approximate surface area is 162 Å². The van der Waals surface area contributed by atoms with E-state index in [2.05, 4.69) is 0 Å². The topological polar surface area (TPSA) is 66.9 Å². The van der Waals surface area contributed by atoms with Crippen LogP contribution in [0.1, 0.15) is 5.56 Å². The highest BCUT2D eigenvalue weighted by atomic mass is 35.5. The maximum Gasteiger partial charge on any atom is 0.252 e. The Morgan fingerprint density at radius 3 is 2.58 bits per heavy atom. The molecule has 1 aliphatic heterocycles. The fraction of sp³-hybridized carbons (Fsp3) is 0.353. The summed E-state index contributed by atoms with van der Waals surface area (Å²) in [6, 6.07) is 8.48. The van der Waals surface area contributed by atoms with Gasteiger partial charge in [-0.1, -0.05) is 17.7 Å². The molecule has 1 aliphatic rings. The van der Waals surface area contributed by atoms with Gasteiger partial charge < -0.3 is 9.64 Å². The average molecular weight is 415 g/mol. The summed E-state index contributed by atoms with van der Waals surface area (Å²) in [7, 11) is -1.92. The number of piperazine rings is 1. The molecule has 1 aromatic heterocycles. The molecule has 1 saturated heterocycles. The number of hydrogen-bond donors (Lipinski definition) is 0. The predicted molar refractivity (Wildman–Crippen MR) is 101 cm³/mol. The van der Waals surface area contributed by atoms with Crippen molar-refractivity contribution >= 4 is 38.9 Å². The second-order valence-electron chi connectivity index (χ2n) is 5.85. The van der Waals surface area contributed by atoms with Gasteiger partial charge in [0, 0.05) is 36.8 Å². The fourth-order valence-corrected chi connectivity index (χ4v) is 5.64. The number of benzene rings is 1. The van der Waals surface area contributed by atoms with Crippen LogP contribution in [0.15, 0.2) is 39.9 Å². The Hall–Kier alpha value is -1.61. The lowest BCUT2D eigenvalue weighted by atomic mass is 10.1. The molecule has 6 nitrogen and oxygen atoms in total. The first-order valence-corrected chi connectivity index (χ1v) is 10.8. The van der Waals surface area contributed by atoms with Crippen LogP contribution in [0, 0.1) is 0 Å². The summed E-state index contributed by atoms with van der Waals surface area (Å²) in [5.41, 5.74) is 0.721. The second-order valence-corrected chi connectivity index (χ2v) is 9.40. The Kier molecular flexibility index (Phi) is 5.86. The minimum absolute atomic E-state index is 0.0706. The van der Waals surface area contributed by atoms with E-state index in [0.717, 1.165) is 5.56 Å². The number of methoxy groups -OCH3 is 1. The predicted octanol–water partition coefficient (Wildman–Crippen LogP) is 2.49. The summed E-state index contributed by atoms with van der Waals surface area (Å²) >= 11 is 7.21. The third kappa shape index (κ3) is 4.03. The van der Waals surface area contributed by atoms with Crippen LogP contribution >= 0.6 is 22.9 Å². The lowest BCUT2D eigenvalue weighted by Crippen LogP contribution is -2.50. The van der Waals surface area contributed by atoms with Crippen LogP contribution in [0.25, 0.3) is 0 Å². The number of ether oxygens (including phenoxy) is 1. The molecule has 0 N–H and O–H groups in total. The SMILES string of the molecule is COc1ccc(Cl)cc1CC(=O)N1CCN(S(=O)(=O)c2cccs2)CC1. The highest BCUT2D eigenvalue weighted by Gasteiger charge is 2.30. The van der Waals surface area contributed by atoms with Crippen molar-refractivity contribution in [2.75, 3.05) is 33.3 Å². The Balaban J connectivity index is 1.63. The molecule has 1 amide bonds. The van der Waals surface area contributed by atoms with Crippen LogP contribution in [0.4, 0.5) is 0 Å². The van der Waals surface area contributed by atoms with Crippen LogP contribution in [0.2, 0.25) is 5.02 Å². The van der Waals surface area contributed by atoms with E-state index in [-0.39, 0.29) is 12.3 Å². The van der Waals surface area contributed by atoms with Crippen LogP contribution < -0.4 is 4.74 Å². The standard InChI is InChI=1S/C17H19ClN2O4S2/c1-24-15-5-4-14(18)11-13(15)12-16(21)19-6-8-20(9-7-19)26(22,23)17-3-2-10-25-17/h2-5,10-11H,6-9,12H2,1H3. The van der Waals surface area contributed by atoms with Gasteiger partial charge in [-0.2, -0.15) is 4.31 Å². The van der Waals surface area contributed by atoms with Gasteiger partial charge in [-0.15, -0.1) is 11.3 Å². The molecule has 2 aromatic rings. The molecule has 3 rings (SSSR count). The first kappa shape index (κ1) is 19.2. The average Bonchev–Trinajstić information content (AvgIpc) is 3.17. The quantitative estimate of drug-likeness (QED) is 0.753. The smallest absolute Gasteiger partial charge is 0.252 e. The molecule has 0 aliphatic carbocycles. The van der Waals surface area contributed by atoms with Gasteiger partial charge >= 0.3 is 0 Å². The highest BCUT2D eigenvalue weighted by molar-refractivity contribution is 7.91. The molecule has 0 bridgehead atoms. The number of hydrogen-bond acceptors (Lipinski definition) is 5. The molecule has 9 heteroatoms. The van der Waals surface area contributed by atoms with Gasteiger partial charge in [0.15, 0.2) is 0 Å². The summed E-state index contributed by atoms with van der Waals surface area (Å²) in [5, 5.41) is 2.28. The molecule has 0 spiro atoms. The Morgan fingerprint density at radius 2 is 1.96 bits per heavy atom. The van der Waals surface area contributed by atoms with Crippen LogP contribution in [0.5, 0.6) is 5.75 Å². The number of nitrogens with zero attached hydrogens (tertiary/aromatic N) is 2. The summed E-state index contributed by atoms with van der Waals surface area (Å²) in [6.45, 7) is 1.32. The van der Waals surface area contributed by atoms with E-state index in [1.54, 1.807) is 47.7 Å². The number of halogens is 1. The van der Waals surface area contributed by atoms with E-state index in [9.17, 15) is 13.2 Å². The number of thiophene rings is 1. The van der Waals surface area contributed by atoms with Gasteiger partial charge in [0.25, 0.3) is 10.0 Å². The summed E-state index contributed by atoms with van der Waals surface area (Å²) in [6.07, 6.45) is 0.168. The van der Waals surface area contributed by atoms with E-state index in [1.807, 2.05) is 0 Å². The second kappa shape index (κ2) is 7.96. The zero-order valence-corrected chi connectivity index (χ0v) is 16.6. The lowest BCUT2D eigenvalue weighted by Gasteiger charge is -2.33. The number of rotatable bonds is 5. The minimum atomic E-state index is -3.47. The van der Waals surface area contributed by atoms with E-state index in [1.165, 1.54) is 15.6 Å². The summed E-state index contributed by atoms with van der Waals surface area (Å²) in [5.74, 6) is 0.542. The van der Waals surface area contributed by atoms with Crippen molar-refractivity contribution in [2.24, 2.45) is 0 Å². The molecule has 1 aromatic carbocycles. The first-order valence-electron chi connectivity index (χ1n) is 8.05. The minimum Gasteiger partial charge on any atom is -0.496 e. The van der Waals surface area contributed by atoms with Crippen LogP contribution in [-0.2, 0) is 21.2 Å². The lowest BCUT2D eigenvalue weighted by molar-refractivity contribution is -0.131. The highest BCUT2D eigenvalue weighted by Crippen LogP contribution is 2.25. The summed E-state index contributed by atoms with van der Waals surface area (Å²) in [4.78, 5) is 14.3. The van der Waals surface area contributed by atoms with Crippen molar-refractivity contribution < 1.29 is 17.9 Å². The van der Waals surface area contributed by atoms with E-state index in [4.69, 9.17) is 16.3 Å². The van der Waals surface area contributed by atoms with Crippen molar-refractivity contribution in [3.8, 4) is 5.75 Å². The monoisotopic (exact) mass is 414 g/mol. The third-order valence-electron chi connectivity index (χ3n) is 4.26. The van der Waals surface area contributed by atoms with Gasteiger partial charge in [-0.3, -0.25) is 4.79 Å². The fourth-order valence-electron chi connectivity index (χ4n) is 2.88. The van der Waals surface area contributed by atoms with E-state index < -0.39 is 10.0 Å². The zero-order chi connectivity index (χ0) is 18.7. The van der Waals surface area contributed by atoms with Crippen LogP contribution in [0.3, 0.4) is 0 Å². The Morgan fingerprint density at radius 1 is 1.23 bits per heavy atom. The van der Waals surface area contributed by atoms with Gasteiger partial charge in [0.2, 0.25) is 5.91 Å². The molecule has 26 heavy (non-hydrogen) atoms. The maximum absolute atomic E-state index is 12.6. The number of sulfonamides is 1. The molecular weight excluding hydrogens is 396 g/mol.